The first-order valence-electron chi connectivity index (χ1n) is 6.94. The zero-order chi connectivity index (χ0) is 15.5. The number of fused-ring (bicyclic) bond motifs is 1. The molecule has 112 valence electrons. The number of pyridine rings is 2. The summed E-state index contributed by atoms with van der Waals surface area (Å²) in [6.07, 6.45) is -1.21. The number of rotatable bonds is 4. The Labute approximate surface area is 127 Å². The van der Waals surface area contributed by atoms with E-state index in [1.165, 1.54) is 6.92 Å². The highest BCUT2D eigenvalue weighted by Gasteiger charge is 2.15. The van der Waals surface area contributed by atoms with E-state index in [-0.39, 0.29) is 0 Å². The summed E-state index contributed by atoms with van der Waals surface area (Å²) in [5, 5.41) is 9.97. The van der Waals surface area contributed by atoms with Crippen LogP contribution in [0.15, 0.2) is 54.7 Å². The van der Waals surface area contributed by atoms with E-state index in [9.17, 15) is 4.39 Å². The fourth-order valence-electron chi connectivity index (χ4n) is 2.06. The van der Waals surface area contributed by atoms with Crippen LogP contribution in [0.1, 0.15) is 6.92 Å². The van der Waals surface area contributed by atoms with Crippen LogP contribution in [0.5, 0.6) is 5.75 Å². The van der Waals surface area contributed by atoms with Crippen LogP contribution in [-0.2, 0) is 0 Å². The molecule has 22 heavy (non-hydrogen) atoms. The van der Waals surface area contributed by atoms with Crippen molar-refractivity contribution in [3.05, 3.63) is 54.7 Å². The lowest BCUT2D eigenvalue weighted by atomic mass is 10.1. The van der Waals surface area contributed by atoms with Crippen LogP contribution >= 0.6 is 0 Å². The topological polar surface area (TPSA) is 55.2 Å². The van der Waals surface area contributed by atoms with Gasteiger partial charge in [-0.1, -0.05) is 12.1 Å². The van der Waals surface area contributed by atoms with Gasteiger partial charge in [-0.25, -0.2) is 4.98 Å². The molecule has 0 radical (unpaired) electrons. The Kier molecular flexibility index (Phi) is 3.98. The molecular weight excluding hydrogens is 283 g/mol. The van der Waals surface area contributed by atoms with Crippen LogP contribution < -0.4 is 4.74 Å². The van der Waals surface area contributed by atoms with Crippen molar-refractivity contribution in [3.63, 3.8) is 0 Å². The fraction of sp³-hybridized carbons (Fsp3) is 0.176. The maximum Gasteiger partial charge on any atom is 0.263 e. The van der Waals surface area contributed by atoms with Crippen molar-refractivity contribution in [2.24, 2.45) is 0 Å². The van der Waals surface area contributed by atoms with Gasteiger partial charge in [0.15, 0.2) is 0 Å². The molecule has 2 unspecified atom stereocenters. The molecule has 2 aromatic heterocycles. The average molecular weight is 298 g/mol. The van der Waals surface area contributed by atoms with E-state index >= 15 is 0 Å². The van der Waals surface area contributed by atoms with Crippen LogP contribution in [0, 0.1) is 0 Å². The number of alkyl halides is 1. The second-order valence-corrected chi connectivity index (χ2v) is 4.98. The molecule has 0 amide bonds. The van der Waals surface area contributed by atoms with Gasteiger partial charge in [0.05, 0.1) is 16.9 Å². The van der Waals surface area contributed by atoms with E-state index in [0.29, 0.717) is 5.75 Å². The highest BCUT2D eigenvalue weighted by molar-refractivity contribution is 5.82. The summed E-state index contributed by atoms with van der Waals surface area (Å²) in [5.74, 6) is 0.355. The van der Waals surface area contributed by atoms with E-state index in [4.69, 9.17) is 9.84 Å². The summed E-state index contributed by atoms with van der Waals surface area (Å²) in [6, 6.07) is 14.5. The number of aliphatic hydroxyl groups excluding tert-OH is 1. The number of aliphatic hydroxyl groups is 1. The van der Waals surface area contributed by atoms with Crippen molar-refractivity contribution in [2.75, 3.05) is 0 Å². The number of hydrogen-bond donors (Lipinski definition) is 1. The number of hydrogen-bond acceptors (Lipinski definition) is 4. The van der Waals surface area contributed by atoms with Gasteiger partial charge >= 0.3 is 0 Å². The first-order chi connectivity index (χ1) is 10.6. The first kappa shape index (κ1) is 14.4. The average Bonchev–Trinajstić information content (AvgIpc) is 2.55. The van der Waals surface area contributed by atoms with E-state index in [2.05, 4.69) is 9.97 Å². The Balaban J connectivity index is 1.92. The normalized spacial score (nSPS) is 13.8. The lowest BCUT2D eigenvalue weighted by Crippen LogP contribution is -2.24. The molecule has 0 aliphatic carbocycles. The third kappa shape index (κ3) is 3.04. The van der Waals surface area contributed by atoms with Crippen molar-refractivity contribution >= 4 is 10.9 Å². The van der Waals surface area contributed by atoms with E-state index < -0.39 is 12.5 Å². The molecule has 3 aromatic rings. The monoisotopic (exact) mass is 298 g/mol. The summed E-state index contributed by atoms with van der Waals surface area (Å²) in [4.78, 5) is 8.81. The minimum absolute atomic E-state index is 0.355. The summed E-state index contributed by atoms with van der Waals surface area (Å²) >= 11 is 0. The third-order valence-corrected chi connectivity index (χ3v) is 3.22. The second kappa shape index (κ2) is 6.07. The number of ether oxygens (including phenoxy) is 1. The predicted molar refractivity (Wildman–Crippen MR) is 82.2 cm³/mol. The van der Waals surface area contributed by atoms with Gasteiger partial charge in [0, 0.05) is 11.6 Å². The van der Waals surface area contributed by atoms with Gasteiger partial charge in [0.2, 0.25) is 0 Å². The molecule has 0 saturated heterocycles. The van der Waals surface area contributed by atoms with Crippen molar-refractivity contribution in [3.8, 4) is 17.1 Å². The van der Waals surface area contributed by atoms with Crippen molar-refractivity contribution in [1.29, 1.82) is 0 Å². The number of aromatic nitrogens is 2. The van der Waals surface area contributed by atoms with Crippen molar-refractivity contribution in [1.82, 2.24) is 9.97 Å². The highest BCUT2D eigenvalue weighted by Crippen LogP contribution is 2.24. The molecule has 0 aliphatic heterocycles. The van der Waals surface area contributed by atoms with Gasteiger partial charge < -0.3 is 9.84 Å². The van der Waals surface area contributed by atoms with E-state index in [1.807, 2.05) is 30.3 Å². The molecule has 1 N–H and O–H groups in total. The molecule has 2 heterocycles. The Morgan fingerprint density at radius 2 is 1.95 bits per heavy atom. The summed E-state index contributed by atoms with van der Waals surface area (Å²) in [7, 11) is 0. The number of halogens is 1. The maximum absolute atomic E-state index is 13.4. The predicted octanol–water partition coefficient (Wildman–Crippen LogP) is 3.35. The van der Waals surface area contributed by atoms with Crippen LogP contribution in [-0.4, -0.2) is 27.5 Å². The third-order valence-electron chi connectivity index (χ3n) is 3.22. The molecule has 5 heteroatoms. The van der Waals surface area contributed by atoms with Gasteiger partial charge in [-0.2, -0.15) is 4.39 Å². The quantitative estimate of drug-likeness (QED) is 0.802. The molecule has 3 rings (SSSR count). The fourth-order valence-corrected chi connectivity index (χ4v) is 2.06. The Bertz CT molecular complexity index is 778. The zero-order valence-corrected chi connectivity index (χ0v) is 12.0. The summed E-state index contributed by atoms with van der Waals surface area (Å²) < 4.78 is 18.4. The summed E-state index contributed by atoms with van der Waals surface area (Å²) in [6.45, 7) is 1.34. The number of benzene rings is 1. The van der Waals surface area contributed by atoms with Gasteiger partial charge in [0.1, 0.15) is 11.9 Å². The molecular formula is C17H15FN2O2. The zero-order valence-electron chi connectivity index (χ0n) is 12.0. The minimum atomic E-state index is -1.75. The summed E-state index contributed by atoms with van der Waals surface area (Å²) in [5.41, 5.74) is 2.33. The first-order valence-corrected chi connectivity index (χ1v) is 6.94. The largest absolute Gasteiger partial charge is 0.458 e. The SMILES string of the molecule is CC(O)C(F)Oc1ccc2nc(-c3ccccn3)ccc2c1. The molecule has 0 bridgehead atoms. The molecule has 1 aromatic carbocycles. The van der Waals surface area contributed by atoms with Crippen LogP contribution in [0.3, 0.4) is 0 Å². The molecule has 4 nitrogen and oxygen atoms in total. The number of nitrogens with zero attached hydrogens (tertiary/aromatic N) is 2. The molecule has 0 fully saturated rings. The molecule has 2 atom stereocenters. The smallest absolute Gasteiger partial charge is 0.263 e. The Morgan fingerprint density at radius 1 is 1.09 bits per heavy atom. The molecule has 0 aliphatic rings. The molecule has 0 spiro atoms. The maximum atomic E-state index is 13.4. The Hall–Kier alpha value is -2.53. The highest BCUT2D eigenvalue weighted by atomic mass is 19.1. The van der Waals surface area contributed by atoms with E-state index in [0.717, 1.165) is 22.3 Å². The van der Waals surface area contributed by atoms with E-state index in [1.54, 1.807) is 24.4 Å². The van der Waals surface area contributed by atoms with Crippen LogP contribution in [0.25, 0.3) is 22.3 Å². The van der Waals surface area contributed by atoms with Crippen LogP contribution in [0.4, 0.5) is 4.39 Å². The van der Waals surface area contributed by atoms with Gasteiger partial charge in [-0.3, -0.25) is 4.98 Å². The Morgan fingerprint density at radius 3 is 2.68 bits per heavy atom. The van der Waals surface area contributed by atoms with Crippen LogP contribution in [0.2, 0.25) is 0 Å². The minimum Gasteiger partial charge on any atom is -0.458 e. The van der Waals surface area contributed by atoms with Crippen molar-refractivity contribution < 1.29 is 14.2 Å². The molecule has 0 saturated carbocycles. The van der Waals surface area contributed by atoms with Gasteiger partial charge in [-0.15, -0.1) is 0 Å². The van der Waals surface area contributed by atoms with Crippen molar-refractivity contribution in [2.45, 2.75) is 19.4 Å². The van der Waals surface area contributed by atoms with Gasteiger partial charge in [0.25, 0.3) is 6.36 Å². The van der Waals surface area contributed by atoms with Gasteiger partial charge in [-0.05, 0) is 43.3 Å². The lowest BCUT2D eigenvalue weighted by molar-refractivity contribution is -0.0371. The standard InChI is InChI=1S/C17H15FN2O2/c1-11(21)17(18)22-13-6-8-14-12(10-13)5-7-16(20-14)15-4-2-3-9-19-15/h2-11,17,21H,1H3. The lowest BCUT2D eigenvalue weighted by Gasteiger charge is -2.14. The second-order valence-electron chi connectivity index (χ2n) is 4.98.